The van der Waals surface area contributed by atoms with Gasteiger partial charge in [0.1, 0.15) is 6.04 Å². The number of rotatable bonds is 7. The zero-order valence-electron chi connectivity index (χ0n) is 8.83. The average molecular weight is 225 g/mol. The van der Waals surface area contributed by atoms with Crippen LogP contribution in [-0.2, 0) is 4.79 Å². The number of nitrogens with zero attached hydrogens (tertiary/aromatic N) is 3. The van der Waals surface area contributed by atoms with Gasteiger partial charge in [-0.3, -0.25) is 4.79 Å². The summed E-state index contributed by atoms with van der Waals surface area (Å²) in [5, 5.41) is 18.9. The van der Waals surface area contributed by atoms with E-state index in [0.29, 0.717) is 18.9 Å². The van der Waals surface area contributed by atoms with Gasteiger partial charge in [-0.25, -0.2) is 4.98 Å². The van der Waals surface area contributed by atoms with Crippen LogP contribution in [0.15, 0.2) is 12.4 Å². The number of nitrogens with one attached hydrogen (secondary N) is 1. The second kappa shape index (κ2) is 6.67. The Bertz CT molecular complexity index is 319. The van der Waals surface area contributed by atoms with Crippen LogP contribution in [0.1, 0.15) is 19.3 Å². The maximum Gasteiger partial charge on any atom is 0.320 e. The van der Waals surface area contributed by atoms with Gasteiger partial charge in [0.15, 0.2) is 0 Å². The highest BCUT2D eigenvalue weighted by molar-refractivity contribution is 5.72. The lowest BCUT2D eigenvalue weighted by molar-refractivity contribution is -0.138. The summed E-state index contributed by atoms with van der Waals surface area (Å²) in [6.45, 7) is 0.679. The molecule has 1 heterocycles. The van der Waals surface area contributed by atoms with Crippen LogP contribution in [0.3, 0.4) is 0 Å². The number of carboxylic acid groups (broad SMARTS) is 1. The Morgan fingerprint density at radius 1 is 1.50 bits per heavy atom. The number of aliphatic carboxylic acids is 1. The number of carboxylic acids is 1. The van der Waals surface area contributed by atoms with Crippen molar-refractivity contribution in [3.05, 3.63) is 12.4 Å². The zero-order valence-corrected chi connectivity index (χ0v) is 8.83. The van der Waals surface area contributed by atoms with Crippen LogP contribution < -0.4 is 11.1 Å². The zero-order chi connectivity index (χ0) is 11.8. The summed E-state index contributed by atoms with van der Waals surface area (Å²) in [6, 6.07) is -0.769. The molecule has 16 heavy (non-hydrogen) atoms. The molecule has 0 aliphatic carbocycles. The molecule has 1 rings (SSSR count). The molecule has 0 saturated heterocycles. The third-order valence-electron chi connectivity index (χ3n) is 2.02. The molecule has 0 spiro atoms. The molecule has 7 heteroatoms. The smallest absolute Gasteiger partial charge is 0.320 e. The van der Waals surface area contributed by atoms with E-state index < -0.39 is 12.0 Å². The van der Waals surface area contributed by atoms with Crippen molar-refractivity contribution < 1.29 is 9.90 Å². The minimum atomic E-state index is -0.955. The van der Waals surface area contributed by atoms with Crippen molar-refractivity contribution in [1.29, 1.82) is 0 Å². The second-order valence-corrected chi connectivity index (χ2v) is 3.33. The van der Waals surface area contributed by atoms with E-state index in [0.717, 1.165) is 12.8 Å². The summed E-state index contributed by atoms with van der Waals surface area (Å²) in [7, 11) is 0. The van der Waals surface area contributed by atoms with Crippen molar-refractivity contribution >= 4 is 11.9 Å². The predicted octanol–water partition coefficient (Wildman–Crippen LogP) is -0.134. The molecule has 0 amide bonds. The maximum atomic E-state index is 10.4. The highest BCUT2D eigenvalue weighted by atomic mass is 16.4. The fraction of sp³-hybridized carbons (Fsp3) is 0.556. The first-order valence-corrected chi connectivity index (χ1v) is 5.06. The number of carbonyl (C=O) groups is 1. The molecule has 88 valence electrons. The van der Waals surface area contributed by atoms with Gasteiger partial charge in [0.2, 0.25) is 5.95 Å². The lowest BCUT2D eigenvalue weighted by Crippen LogP contribution is -2.29. The van der Waals surface area contributed by atoms with E-state index in [9.17, 15) is 4.79 Å². The van der Waals surface area contributed by atoms with Crippen LogP contribution >= 0.6 is 0 Å². The summed E-state index contributed by atoms with van der Waals surface area (Å²) in [5.74, 6) is -0.478. The lowest BCUT2D eigenvalue weighted by Gasteiger charge is -2.06. The molecule has 4 N–H and O–H groups in total. The predicted molar refractivity (Wildman–Crippen MR) is 57.8 cm³/mol. The average Bonchev–Trinajstić information content (AvgIpc) is 2.29. The Balaban J connectivity index is 2.07. The Morgan fingerprint density at radius 3 is 2.94 bits per heavy atom. The molecular formula is C9H15N5O2. The third kappa shape index (κ3) is 4.65. The first kappa shape index (κ1) is 12.3. The number of hydrogen-bond acceptors (Lipinski definition) is 6. The molecule has 7 nitrogen and oxygen atoms in total. The van der Waals surface area contributed by atoms with Gasteiger partial charge in [0.05, 0.1) is 12.4 Å². The fourth-order valence-electron chi connectivity index (χ4n) is 1.14. The Morgan fingerprint density at radius 2 is 2.31 bits per heavy atom. The van der Waals surface area contributed by atoms with E-state index in [-0.39, 0.29) is 0 Å². The normalized spacial score (nSPS) is 12.1. The Labute approximate surface area is 93.1 Å². The molecular weight excluding hydrogens is 210 g/mol. The van der Waals surface area contributed by atoms with Gasteiger partial charge in [-0.2, -0.15) is 5.10 Å². The van der Waals surface area contributed by atoms with Gasteiger partial charge in [-0.1, -0.05) is 0 Å². The van der Waals surface area contributed by atoms with Crippen molar-refractivity contribution in [2.75, 3.05) is 11.9 Å². The van der Waals surface area contributed by atoms with Gasteiger partial charge >= 0.3 is 5.97 Å². The van der Waals surface area contributed by atoms with Gasteiger partial charge < -0.3 is 16.2 Å². The summed E-state index contributed by atoms with van der Waals surface area (Å²) in [5.41, 5.74) is 5.36. The van der Waals surface area contributed by atoms with E-state index in [1.165, 1.54) is 6.20 Å². The third-order valence-corrected chi connectivity index (χ3v) is 2.02. The quantitative estimate of drug-likeness (QED) is 0.553. The van der Waals surface area contributed by atoms with E-state index in [1.807, 2.05) is 0 Å². The largest absolute Gasteiger partial charge is 0.480 e. The van der Waals surface area contributed by atoms with Crippen LogP contribution in [0.2, 0.25) is 0 Å². The molecule has 1 atom stereocenters. The lowest BCUT2D eigenvalue weighted by atomic mass is 10.1. The Kier molecular flexibility index (Phi) is 5.13. The molecule has 0 fully saturated rings. The van der Waals surface area contributed by atoms with E-state index >= 15 is 0 Å². The van der Waals surface area contributed by atoms with Crippen LogP contribution in [0, 0.1) is 0 Å². The van der Waals surface area contributed by atoms with Crippen LogP contribution in [0.25, 0.3) is 0 Å². The topological polar surface area (TPSA) is 114 Å². The van der Waals surface area contributed by atoms with Crippen molar-refractivity contribution in [2.24, 2.45) is 5.73 Å². The first-order valence-electron chi connectivity index (χ1n) is 5.06. The number of anilines is 1. The van der Waals surface area contributed by atoms with Crippen molar-refractivity contribution in [3.63, 3.8) is 0 Å². The van der Waals surface area contributed by atoms with E-state index in [4.69, 9.17) is 10.8 Å². The summed E-state index contributed by atoms with van der Waals surface area (Å²) in [4.78, 5) is 14.4. The van der Waals surface area contributed by atoms with Crippen LogP contribution in [0.4, 0.5) is 5.95 Å². The van der Waals surface area contributed by atoms with E-state index in [1.54, 1.807) is 6.20 Å². The van der Waals surface area contributed by atoms with Crippen LogP contribution in [0.5, 0.6) is 0 Å². The van der Waals surface area contributed by atoms with Crippen molar-refractivity contribution in [3.8, 4) is 0 Å². The van der Waals surface area contributed by atoms with Crippen LogP contribution in [-0.4, -0.2) is 38.8 Å². The number of nitrogens with two attached hydrogens (primary N) is 1. The molecule has 0 aliphatic heterocycles. The van der Waals surface area contributed by atoms with Gasteiger partial charge in [0, 0.05) is 6.54 Å². The highest BCUT2D eigenvalue weighted by Crippen LogP contribution is 2.00. The van der Waals surface area contributed by atoms with Gasteiger partial charge in [0.25, 0.3) is 0 Å². The second-order valence-electron chi connectivity index (χ2n) is 3.33. The molecule has 0 aliphatic rings. The molecule has 0 bridgehead atoms. The van der Waals surface area contributed by atoms with Crippen molar-refractivity contribution in [2.45, 2.75) is 25.3 Å². The summed E-state index contributed by atoms with van der Waals surface area (Å²) in [6.07, 6.45) is 5.09. The minimum absolute atomic E-state index is 0.477. The van der Waals surface area contributed by atoms with Gasteiger partial charge in [-0.05, 0) is 19.3 Å². The standard InChI is InChI=1S/C9H15N5O2/c10-7(8(15)16)3-1-2-4-11-9-12-5-6-13-14-9/h5-7H,1-4,10H2,(H,15,16)(H,11,12,14). The number of unbranched alkanes of at least 4 members (excludes halogenated alkanes) is 1. The summed E-state index contributed by atoms with van der Waals surface area (Å²) >= 11 is 0. The molecule has 0 radical (unpaired) electrons. The fourth-order valence-corrected chi connectivity index (χ4v) is 1.14. The molecule has 1 unspecified atom stereocenters. The summed E-state index contributed by atoms with van der Waals surface area (Å²) < 4.78 is 0. The number of aromatic nitrogens is 3. The van der Waals surface area contributed by atoms with Crippen molar-refractivity contribution in [1.82, 2.24) is 15.2 Å². The molecule has 1 aromatic heterocycles. The minimum Gasteiger partial charge on any atom is -0.480 e. The molecule has 0 saturated carbocycles. The maximum absolute atomic E-state index is 10.4. The highest BCUT2D eigenvalue weighted by Gasteiger charge is 2.09. The monoisotopic (exact) mass is 225 g/mol. The first-order chi connectivity index (χ1) is 7.70. The molecule has 1 aromatic rings. The SMILES string of the molecule is NC(CCCCNc1nccnn1)C(=O)O. The van der Waals surface area contributed by atoms with Gasteiger partial charge in [-0.15, -0.1) is 5.10 Å². The van der Waals surface area contributed by atoms with E-state index in [2.05, 4.69) is 20.5 Å². The Hall–Kier alpha value is -1.76. The number of hydrogen-bond donors (Lipinski definition) is 3. The molecule has 0 aromatic carbocycles.